The molecule has 1 aromatic heterocycles. The first-order valence-corrected chi connectivity index (χ1v) is 8.40. The summed E-state index contributed by atoms with van der Waals surface area (Å²) in [4.78, 5) is 16.7. The third kappa shape index (κ3) is 4.52. The van der Waals surface area contributed by atoms with Crippen LogP contribution < -0.4 is 5.32 Å². The number of nitrogens with zero attached hydrogens (tertiary/aromatic N) is 3. The largest absolute Gasteiger partial charge is 0.396 e. The molecule has 1 aliphatic rings. The highest BCUT2D eigenvalue weighted by Crippen LogP contribution is 2.22. The molecule has 2 unspecified atom stereocenters. The molecule has 1 fully saturated rings. The van der Waals surface area contributed by atoms with Gasteiger partial charge in [-0.2, -0.15) is 0 Å². The van der Waals surface area contributed by atoms with Gasteiger partial charge in [0.15, 0.2) is 0 Å². The molecule has 132 valence electrons. The molecular weight excluding hydrogens is 320 g/mol. The molecule has 0 aliphatic carbocycles. The molecule has 0 radical (unpaired) electrons. The van der Waals surface area contributed by atoms with Gasteiger partial charge in [0.05, 0.1) is 4.92 Å². The fourth-order valence-electron chi connectivity index (χ4n) is 3.24. The Morgan fingerprint density at radius 2 is 2.08 bits per heavy atom. The first-order valence-electron chi connectivity index (χ1n) is 8.40. The summed E-state index contributed by atoms with van der Waals surface area (Å²) in [7, 11) is 0. The van der Waals surface area contributed by atoms with E-state index >= 15 is 0 Å². The van der Waals surface area contributed by atoms with Crippen LogP contribution in [0.5, 0.6) is 0 Å². The van der Waals surface area contributed by atoms with Crippen LogP contribution in [0.4, 0.5) is 11.5 Å². The third-order valence-electron chi connectivity index (χ3n) is 4.59. The number of hydrogen-bond acceptors (Lipinski definition) is 6. The monoisotopic (exact) mass is 342 g/mol. The van der Waals surface area contributed by atoms with E-state index in [1.165, 1.54) is 17.8 Å². The second kappa shape index (κ2) is 8.04. The van der Waals surface area contributed by atoms with E-state index in [0.29, 0.717) is 5.82 Å². The number of aliphatic hydroxyl groups excluding tert-OH is 1. The van der Waals surface area contributed by atoms with Gasteiger partial charge in [-0.1, -0.05) is 30.3 Å². The SMILES string of the molecule is O=[N+]([O-])c1ccc(NC2CCN(Cc3ccccc3)CC2CO)nc1. The minimum atomic E-state index is -0.463. The van der Waals surface area contributed by atoms with Crippen molar-refractivity contribution < 1.29 is 10.0 Å². The Bertz CT molecular complexity index is 693. The summed E-state index contributed by atoms with van der Waals surface area (Å²) in [6.07, 6.45) is 2.14. The lowest BCUT2D eigenvalue weighted by Crippen LogP contribution is -2.47. The number of pyridine rings is 1. The van der Waals surface area contributed by atoms with Crippen molar-refractivity contribution in [2.24, 2.45) is 5.92 Å². The van der Waals surface area contributed by atoms with Crippen molar-refractivity contribution >= 4 is 11.5 Å². The van der Waals surface area contributed by atoms with Crippen molar-refractivity contribution in [3.63, 3.8) is 0 Å². The van der Waals surface area contributed by atoms with Gasteiger partial charge in [-0.25, -0.2) is 4.98 Å². The summed E-state index contributed by atoms with van der Waals surface area (Å²) in [6, 6.07) is 13.5. The van der Waals surface area contributed by atoms with Crippen LogP contribution in [0.25, 0.3) is 0 Å². The van der Waals surface area contributed by atoms with Crippen molar-refractivity contribution in [2.45, 2.75) is 19.0 Å². The van der Waals surface area contributed by atoms with Crippen LogP contribution in [-0.4, -0.2) is 45.7 Å². The van der Waals surface area contributed by atoms with Crippen LogP contribution in [0.2, 0.25) is 0 Å². The molecule has 0 spiro atoms. The van der Waals surface area contributed by atoms with E-state index in [0.717, 1.165) is 26.1 Å². The van der Waals surface area contributed by atoms with E-state index in [4.69, 9.17) is 0 Å². The van der Waals surface area contributed by atoms with Crippen molar-refractivity contribution in [3.05, 3.63) is 64.3 Å². The summed E-state index contributed by atoms with van der Waals surface area (Å²) < 4.78 is 0. The third-order valence-corrected chi connectivity index (χ3v) is 4.59. The first kappa shape index (κ1) is 17.3. The standard InChI is InChI=1S/C18H22N4O3/c23-13-15-12-21(11-14-4-2-1-3-5-14)9-8-17(15)20-18-7-6-16(10-19-18)22(24)25/h1-7,10,15,17,23H,8-9,11-13H2,(H,19,20). The Labute approximate surface area is 146 Å². The van der Waals surface area contributed by atoms with Crippen molar-refractivity contribution in [1.82, 2.24) is 9.88 Å². The molecule has 7 heteroatoms. The zero-order valence-electron chi connectivity index (χ0n) is 13.9. The number of anilines is 1. The van der Waals surface area contributed by atoms with E-state index in [1.54, 1.807) is 6.07 Å². The number of nitrogens with one attached hydrogen (secondary N) is 1. The van der Waals surface area contributed by atoms with E-state index in [-0.39, 0.29) is 24.3 Å². The maximum absolute atomic E-state index is 10.7. The van der Waals surface area contributed by atoms with Crippen LogP contribution in [-0.2, 0) is 6.54 Å². The molecule has 1 saturated heterocycles. The van der Waals surface area contributed by atoms with Gasteiger partial charge < -0.3 is 10.4 Å². The molecule has 0 amide bonds. The molecule has 3 rings (SSSR count). The summed E-state index contributed by atoms with van der Waals surface area (Å²) in [5.41, 5.74) is 1.24. The van der Waals surface area contributed by atoms with Gasteiger partial charge >= 0.3 is 0 Å². The first-order chi connectivity index (χ1) is 12.2. The Morgan fingerprint density at radius 1 is 1.28 bits per heavy atom. The predicted octanol–water partition coefficient (Wildman–Crippen LogP) is 2.28. The van der Waals surface area contributed by atoms with Crippen LogP contribution >= 0.6 is 0 Å². The number of aromatic nitrogens is 1. The fourth-order valence-corrected chi connectivity index (χ4v) is 3.24. The molecule has 2 aromatic rings. The summed E-state index contributed by atoms with van der Waals surface area (Å²) >= 11 is 0. The number of aliphatic hydroxyl groups is 1. The van der Waals surface area contributed by atoms with Crippen molar-refractivity contribution in [1.29, 1.82) is 0 Å². The van der Waals surface area contributed by atoms with Crippen molar-refractivity contribution in [3.8, 4) is 0 Å². The Balaban J connectivity index is 1.59. The minimum absolute atomic E-state index is 0.0260. The summed E-state index contributed by atoms with van der Waals surface area (Å²) in [5.74, 6) is 0.694. The van der Waals surface area contributed by atoms with E-state index < -0.39 is 4.92 Å². The van der Waals surface area contributed by atoms with Gasteiger partial charge in [-0.05, 0) is 18.1 Å². The molecule has 7 nitrogen and oxygen atoms in total. The minimum Gasteiger partial charge on any atom is -0.396 e. The number of benzene rings is 1. The number of rotatable bonds is 6. The maximum Gasteiger partial charge on any atom is 0.287 e. The maximum atomic E-state index is 10.7. The Morgan fingerprint density at radius 3 is 2.72 bits per heavy atom. The fraction of sp³-hybridized carbons (Fsp3) is 0.389. The van der Waals surface area contributed by atoms with E-state index in [2.05, 4.69) is 27.3 Å². The zero-order chi connectivity index (χ0) is 17.6. The number of piperidine rings is 1. The average Bonchev–Trinajstić information content (AvgIpc) is 2.64. The topological polar surface area (TPSA) is 91.5 Å². The highest BCUT2D eigenvalue weighted by molar-refractivity contribution is 5.41. The van der Waals surface area contributed by atoms with E-state index in [1.807, 2.05) is 18.2 Å². The number of hydrogen-bond donors (Lipinski definition) is 2. The van der Waals surface area contributed by atoms with Gasteiger partial charge in [0, 0.05) is 44.3 Å². The van der Waals surface area contributed by atoms with Gasteiger partial charge in [-0.3, -0.25) is 15.0 Å². The molecule has 2 atom stereocenters. The molecule has 0 bridgehead atoms. The zero-order valence-corrected chi connectivity index (χ0v) is 13.9. The van der Waals surface area contributed by atoms with Crippen molar-refractivity contribution in [2.75, 3.05) is 25.0 Å². The number of likely N-dealkylation sites (tertiary alicyclic amines) is 1. The van der Waals surface area contributed by atoms with Crippen LogP contribution in [0.15, 0.2) is 48.7 Å². The Kier molecular flexibility index (Phi) is 5.57. The van der Waals surface area contributed by atoms with E-state index in [9.17, 15) is 15.2 Å². The molecular formula is C18H22N4O3. The molecule has 1 aliphatic heterocycles. The van der Waals surface area contributed by atoms with Crippen LogP contribution in [0, 0.1) is 16.0 Å². The predicted molar refractivity (Wildman–Crippen MR) is 95.2 cm³/mol. The normalized spacial score (nSPS) is 21.0. The molecule has 2 heterocycles. The lowest BCUT2D eigenvalue weighted by molar-refractivity contribution is -0.385. The van der Waals surface area contributed by atoms with Gasteiger partial charge in [0.25, 0.3) is 5.69 Å². The molecule has 2 N–H and O–H groups in total. The summed E-state index contributed by atoms with van der Waals surface area (Å²) in [5, 5.41) is 23.8. The average molecular weight is 342 g/mol. The number of nitro groups is 1. The van der Waals surface area contributed by atoms with Crippen LogP contribution in [0.1, 0.15) is 12.0 Å². The molecule has 0 saturated carbocycles. The van der Waals surface area contributed by atoms with Gasteiger partial charge in [0.1, 0.15) is 12.0 Å². The van der Waals surface area contributed by atoms with Crippen LogP contribution in [0.3, 0.4) is 0 Å². The molecule has 1 aromatic carbocycles. The van der Waals surface area contributed by atoms with Gasteiger partial charge in [-0.15, -0.1) is 0 Å². The smallest absolute Gasteiger partial charge is 0.287 e. The lowest BCUT2D eigenvalue weighted by atomic mass is 9.92. The Hall–Kier alpha value is -2.51. The molecule has 25 heavy (non-hydrogen) atoms. The lowest BCUT2D eigenvalue weighted by Gasteiger charge is -2.38. The quantitative estimate of drug-likeness (QED) is 0.618. The van der Waals surface area contributed by atoms with Gasteiger partial charge in [0.2, 0.25) is 0 Å². The summed E-state index contributed by atoms with van der Waals surface area (Å²) in [6.45, 7) is 2.70. The second-order valence-corrected chi connectivity index (χ2v) is 6.36. The highest BCUT2D eigenvalue weighted by Gasteiger charge is 2.29. The highest BCUT2D eigenvalue weighted by atomic mass is 16.6. The second-order valence-electron chi connectivity index (χ2n) is 6.36.